The van der Waals surface area contributed by atoms with Gasteiger partial charge in [0.2, 0.25) is 0 Å². The first-order valence-corrected chi connectivity index (χ1v) is 8.12. The van der Waals surface area contributed by atoms with Crippen LogP contribution < -0.4 is 0 Å². The van der Waals surface area contributed by atoms with E-state index in [0.717, 1.165) is 5.02 Å². The van der Waals surface area contributed by atoms with Crippen molar-refractivity contribution in [1.82, 2.24) is 0 Å². The van der Waals surface area contributed by atoms with E-state index in [1.807, 2.05) is 12.1 Å². The van der Waals surface area contributed by atoms with Crippen molar-refractivity contribution in [1.29, 1.82) is 0 Å². The maximum atomic E-state index is 6.06. The number of benzene rings is 4. The van der Waals surface area contributed by atoms with Crippen molar-refractivity contribution in [3.05, 3.63) is 83.9 Å². The minimum Gasteiger partial charge on any atom is -0.0843 e. The second-order valence-electron chi connectivity index (χ2n) is 5.94. The molecule has 0 amide bonds. The average molecular weight is 313 g/mol. The third-order valence-corrected chi connectivity index (χ3v) is 4.94. The number of fused-ring (bicyclic) bond motifs is 3. The maximum Gasteiger partial charge on any atom is 0.0406 e. The fourth-order valence-corrected chi connectivity index (χ4v) is 3.82. The Bertz CT molecular complexity index is 1060. The molecule has 0 bridgehead atoms. The molecule has 0 unspecified atom stereocenters. The molecule has 0 N–H and O–H groups in total. The summed E-state index contributed by atoms with van der Waals surface area (Å²) in [5.74, 6) is 0. The van der Waals surface area contributed by atoms with Crippen LogP contribution in [0, 0.1) is 0 Å². The van der Waals surface area contributed by atoms with Gasteiger partial charge >= 0.3 is 0 Å². The van der Waals surface area contributed by atoms with Crippen LogP contribution in [-0.2, 0) is 0 Å². The molecule has 4 aromatic carbocycles. The minimum atomic E-state index is 0.770. The standard InChI is InChI=1S/C22H13Cl/c23-16-11-8-14(9-12-16)17-13-10-15-4-3-7-19-18-5-1-2-6-20(18)22(17)21(15)19/h1-13H. The predicted molar refractivity (Wildman–Crippen MR) is 98.8 cm³/mol. The molecular formula is C22H13Cl. The van der Waals surface area contributed by atoms with E-state index in [1.54, 1.807) is 0 Å². The average Bonchev–Trinajstić information content (AvgIpc) is 2.94. The van der Waals surface area contributed by atoms with Gasteiger partial charge in [-0.2, -0.15) is 0 Å². The van der Waals surface area contributed by atoms with Crippen molar-refractivity contribution >= 4 is 22.4 Å². The summed E-state index contributed by atoms with van der Waals surface area (Å²) in [5, 5.41) is 3.43. The molecule has 0 spiro atoms. The lowest BCUT2D eigenvalue weighted by Gasteiger charge is -2.10. The molecular weight excluding hydrogens is 300 g/mol. The SMILES string of the molecule is Clc1ccc(-c2ccc3cccc4c3c2-c2ccccc2-4)cc1. The van der Waals surface area contributed by atoms with Gasteiger partial charge in [0.1, 0.15) is 0 Å². The normalized spacial score (nSPS) is 11.7. The third-order valence-electron chi connectivity index (χ3n) is 4.69. The molecule has 0 aliphatic heterocycles. The summed E-state index contributed by atoms with van der Waals surface area (Å²) in [6.07, 6.45) is 0. The van der Waals surface area contributed by atoms with E-state index < -0.39 is 0 Å². The van der Waals surface area contributed by atoms with E-state index in [9.17, 15) is 0 Å². The number of halogens is 1. The summed E-state index contributed by atoms with van der Waals surface area (Å²) < 4.78 is 0. The molecule has 0 fully saturated rings. The highest BCUT2D eigenvalue weighted by Crippen LogP contribution is 2.50. The van der Waals surface area contributed by atoms with Gasteiger partial charge in [0.15, 0.2) is 0 Å². The summed E-state index contributed by atoms with van der Waals surface area (Å²) >= 11 is 6.06. The molecule has 1 heteroatoms. The van der Waals surface area contributed by atoms with Crippen molar-refractivity contribution < 1.29 is 0 Å². The van der Waals surface area contributed by atoms with Gasteiger partial charge in [-0.05, 0) is 56.3 Å². The van der Waals surface area contributed by atoms with Crippen LogP contribution in [0.4, 0.5) is 0 Å². The molecule has 4 aromatic rings. The van der Waals surface area contributed by atoms with Crippen LogP contribution in [0.5, 0.6) is 0 Å². The molecule has 5 rings (SSSR count). The van der Waals surface area contributed by atoms with Gasteiger partial charge in [-0.15, -0.1) is 0 Å². The predicted octanol–water partition coefficient (Wildman–Crippen LogP) is 6.81. The molecule has 108 valence electrons. The molecule has 23 heavy (non-hydrogen) atoms. The fraction of sp³-hybridized carbons (Fsp3) is 0. The molecule has 0 radical (unpaired) electrons. The Morgan fingerprint density at radius 1 is 0.522 bits per heavy atom. The van der Waals surface area contributed by atoms with Gasteiger partial charge in [-0.3, -0.25) is 0 Å². The van der Waals surface area contributed by atoms with Crippen molar-refractivity contribution in [2.75, 3.05) is 0 Å². The quantitative estimate of drug-likeness (QED) is 0.319. The lowest BCUT2D eigenvalue weighted by molar-refractivity contribution is 1.64. The van der Waals surface area contributed by atoms with E-state index in [2.05, 4.69) is 66.7 Å². The summed E-state index contributed by atoms with van der Waals surface area (Å²) in [7, 11) is 0. The van der Waals surface area contributed by atoms with Gasteiger partial charge in [-0.25, -0.2) is 0 Å². The van der Waals surface area contributed by atoms with Gasteiger partial charge in [0, 0.05) is 5.02 Å². The second-order valence-corrected chi connectivity index (χ2v) is 6.38. The van der Waals surface area contributed by atoms with Crippen molar-refractivity contribution in [3.8, 4) is 33.4 Å². The molecule has 0 saturated carbocycles. The van der Waals surface area contributed by atoms with Crippen LogP contribution in [0.1, 0.15) is 0 Å². The lowest BCUT2D eigenvalue weighted by atomic mass is 9.93. The van der Waals surface area contributed by atoms with Crippen LogP contribution >= 0.6 is 11.6 Å². The van der Waals surface area contributed by atoms with Gasteiger partial charge in [0.25, 0.3) is 0 Å². The van der Waals surface area contributed by atoms with Gasteiger partial charge < -0.3 is 0 Å². The monoisotopic (exact) mass is 312 g/mol. The van der Waals surface area contributed by atoms with Crippen LogP contribution in [0.15, 0.2) is 78.9 Å². The molecule has 1 aliphatic rings. The van der Waals surface area contributed by atoms with Gasteiger partial charge in [0.05, 0.1) is 0 Å². The second kappa shape index (κ2) is 4.71. The highest BCUT2D eigenvalue weighted by molar-refractivity contribution is 6.30. The molecule has 0 aromatic heterocycles. The minimum absolute atomic E-state index is 0.770. The molecule has 1 aliphatic carbocycles. The zero-order valence-corrected chi connectivity index (χ0v) is 13.1. The highest BCUT2D eigenvalue weighted by atomic mass is 35.5. The topological polar surface area (TPSA) is 0 Å². The van der Waals surface area contributed by atoms with Crippen molar-refractivity contribution in [2.24, 2.45) is 0 Å². The first kappa shape index (κ1) is 12.9. The molecule has 0 heterocycles. The van der Waals surface area contributed by atoms with Gasteiger partial charge in [-0.1, -0.05) is 78.3 Å². The zero-order chi connectivity index (χ0) is 15.4. The lowest BCUT2D eigenvalue weighted by Crippen LogP contribution is -1.84. The Labute approximate surface area is 140 Å². The van der Waals surface area contributed by atoms with E-state index >= 15 is 0 Å². The summed E-state index contributed by atoms with van der Waals surface area (Å²) in [5.41, 5.74) is 7.81. The maximum absolute atomic E-state index is 6.06. The van der Waals surface area contributed by atoms with Crippen LogP contribution in [0.2, 0.25) is 5.02 Å². The Morgan fingerprint density at radius 3 is 2.09 bits per heavy atom. The summed E-state index contributed by atoms with van der Waals surface area (Å²) in [6.45, 7) is 0. The first-order chi connectivity index (χ1) is 11.3. The summed E-state index contributed by atoms with van der Waals surface area (Å²) in [6, 6.07) is 27.8. The smallest absolute Gasteiger partial charge is 0.0406 e. The summed E-state index contributed by atoms with van der Waals surface area (Å²) in [4.78, 5) is 0. The number of hydrogen-bond donors (Lipinski definition) is 0. The van der Waals surface area contributed by atoms with E-state index in [1.165, 1.54) is 44.2 Å². The fourth-order valence-electron chi connectivity index (χ4n) is 3.69. The van der Waals surface area contributed by atoms with Crippen molar-refractivity contribution in [3.63, 3.8) is 0 Å². The largest absolute Gasteiger partial charge is 0.0843 e. The van der Waals surface area contributed by atoms with E-state index in [4.69, 9.17) is 11.6 Å². The van der Waals surface area contributed by atoms with Crippen LogP contribution in [-0.4, -0.2) is 0 Å². The third kappa shape index (κ3) is 1.79. The zero-order valence-electron chi connectivity index (χ0n) is 12.4. The van der Waals surface area contributed by atoms with Crippen molar-refractivity contribution in [2.45, 2.75) is 0 Å². The molecule has 0 saturated heterocycles. The van der Waals surface area contributed by atoms with E-state index in [-0.39, 0.29) is 0 Å². The van der Waals surface area contributed by atoms with Crippen LogP contribution in [0.3, 0.4) is 0 Å². The Balaban J connectivity index is 1.93. The highest BCUT2D eigenvalue weighted by Gasteiger charge is 2.23. The Morgan fingerprint density at radius 2 is 1.26 bits per heavy atom. The molecule has 0 nitrogen and oxygen atoms in total. The number of rotatable bonds is 1. The first-order valence-electron chi connectivity index (χ1n) is 7.74. The Kier molecular flexibility index (Phi) is 2.65. The van der Waals surface area contributed by atoms with E-state index in [0.29, 0.717) is 0 Å². The number of hydrogen-bond acceptors (Lipinski definition) is 0. The van der Waals surface area contributed by atoms with Crippen LogP contribution in [0.25, 0.3) is 44.2 Å². The Hall–Kier alpha value is -2.57. The molecule has 0 atom stereocenters.